The Balaban J connectivity index is 2.13. The van der Waals surface area contributed by atoms with Crippen molar-refractivity contribution in [3.63, 3.8) is 0 Å². The van der Waals surface area contributed by atoms with Crippen molar-refractivity contribution >= 4 is 23.2 Å². The van der Waals surface area contributed by atoms with E-state index in [1.54, 1.807) is 6.07 Å². The summed E-state index contributed by atoms with van der Waals surface area (Å²) in [6.45, 7) is 3.75. The van der Waals surface area contributed by atoms with Gasteiger partial charge in [0.15, 0.2) is 0 Å². The molecular formula is C15H21N3O2. The summed E-state index contributed by atoms with van der Waals surface area (Å²) in [5.74, 6) is -0.155. The summed E-state index contributed by atoms with van der Waals surface area (Å²) >= 11 is 0. The van der Waals surface area contributed by atoms with Crippen LogP contribution in [0.2, 0.25) is 0 Å². The van der Waals surface area contributed by atoms with Crippen molar-refractivity contribution < 1.29 is 9.59 Å². The predicted molar refractivity (Wildman–Crippen MR) is 79.5 cm³/mol. The number of carbonyl (C=O) groups excluding carboxylic acids is 2. The molecule has 0 unspecified atom stereocenters. The van der Waals surface area contributed by atoms with Crippen molar-refractivity contribution in [2.24, 2.45) is 11.1 Å². The van der Waals surface area contributed by atoms with Gasteiger partial charge in [0, 0.05) is 24.8 Å². The average Bonchev–Trinajstić information content (AvgIpc) is 2.32. The smallest absolute Gasteiger partial charge is 0.231 e. The van der Waals surface area contributed by atoms with E-state index in [2.05, 4.69) is 10.6 Å². The average molecular weight is 275 g/mol. The quantitative estimate of drug-likeness (QED) is 0.786. The Morgan fingerprint density at radius 1 is 1.30 bits per heavy atom. The van der Waals surface area contributed by atoms with Crippen molar-refractivity contribution in [1.29, 1.82) is 0 Å². The van der Waals surface area contributed by atoms with Crippen LogP contribution < -0.4 is 16.4 Å². The second-order valence-corrected chi connectivity index (χ2v) is 5.50. The first-order chi connectivity index (χ1) is 9.47. The van der Waals surface area contributed by atoms with Crippen LogP contribution in [-0.2, 0) is 9.59 Å². The van der Waals surface area contributed by atoms with Gasteiger partial charge in [0.05, 0.1) is 5.41 Å². The minimum atomic E-state index is -0.404. The minimum Gasteiger partial charge on any atom is -0.329 e. The third-order valence-corrected chi connectivity index (χ3v) is 3.99. The molecule has 1 aromatic carbocycles. The van der Waals surface area contributed by atoms with Crippen LogP contribution in [0.5, 0.6) is 0 Å². The standard InChI is InChI=1S/C15H21N3O2/c1-10-4-5-12(8-13(10)17-11(2)19)18-14(20)15(9-16)6-3-7-15/h4-5,8H,3,6-7,9,16H2,1-2H3,(H,17,19)(H,18,20). The van der Waals surface area contributed by atoms with Crippen LogP contribution in [0.25, 0.3) is 0 Å². The molecule has 0 aliphatic heterocycles. The Kier molecular flexibility index (Phi) is 4.09. The number of benzene rings is 1. The number of nitrogens with two attached hydrogens (primary N) is 1. The summed E-state index contributed by atoms with van der Waals surface area (Å²) in [6.07, 6.45) is 2.75. The van der Waals surface area contributed by atoms with Crippen molar-refractivity contribution in [2.45, 2.75) is 33.1 Å². The predicted octanol–water partition coefficient (Wildman–Crippen LogP) is 2.02. The van der Waals surface area contributed by atoms with Gasteiger partial charge in [0.2, 0.25) is 11.8 Å². The van der Waals surface area contributed by atoms with Gasteiger partial charge in [-0.15, -0.1) is 0 Å². The van der Waals surface area contributed by atoms with Gasteiger partial charge in [-0.1, -0.05) is 12.5 Å². The summed E-state index contributed by atoms with van der Waals surface area (Å²) in [5, 5.41) is 5.66. The summed E-state index contributed by atoms with van der Waals surface area (Å²) in [7, 11) is 0. The lowest BCUT2D eigenvalue weighted by Crippen LogP contribution is -2.47. The van der Waals surface area contributed by atoms with Gasteiger partial charge in [-0.3, -0.25) is 9.59 Å². The zero-order valence-corrected chi connectivity index (χ0v) is 12.0. The summed E-state index contributed by atoms with van der Waals surface area (Å²) < 4.78 is 0. The third kappa shape index (κ3) is 2.82. The second-order valence-electron chi connectivity index (χ2n) is 5.50. The lowest BCUT2D eigenvalue weighted by molar-refractivity contribution is -0.129. The fourth-order valence-electron chi connectivity index (χ4n) is 2.42. The van der Waals surface area contributed by atoms with Gasteiger partial charge < -0.3 is 16.4 Å². The van der Waals surface area contributed by atoms with E-state index in [1.807, 2.05) is 19.1 Å². The molecule has 4 N–H and O–H groups in total. The van der Waals surface area contributed by atoms with Crippen molar-refractivity contribution in [3.05, 3.63) is 23.8 Å². The van der Waals surface area contributed by atoms with E-state index in [0.29, 0.717) is 17.9 Å². The normalized spacial score (nSPS) is 16.1. The number of anilines is 2. The maximum absolute atomic E-state index is 12.3. The van der Waals surface area contributed by atoms with Crippen LogP contribution in [0.3, 0.4) is 0 Å². The van der Waals surface area contributed by atoms with Crippen molar-refractivity contribution in [1.82, 2.24) is 0 Å². The number of nitrogens with one attached hydrogen (secondary N) is 2. The molecule has 0 spiro atoms. The first-order valence-electron chi connectivity index (χ1n) is 6.87. The molecule has 20 heavy (non-hydrogen) atoms. The van der Waals surface area contributed by atoms with E-state index in [-0.39, 0.29) is 11.8 Å². The summed E-state index contributed by atoms with van der Waals surface area (Å²) in [4.78, 5) is 23.4. The molecule has 1 fully saturated rings. The lowest BCUT2D eigenvalue weighted by atomic mass is 9.68. The molecule has 1 aliphatic carbocycles. The molecule has 108 valence electrons. The number of amides is 2. The highest BCUT2D eigenvalue weighted by atomic mass is 16.2. The molecule has 2 amide bonds. The third-order valence-electron chi connectivity index (χ3n) is 3.99. The number of aryl methyl sites for hydroxylation is 1. The zero-order chi connectivity index (χ0) is 14.8. The van der Waals surface area contributed by atoms with Crippen LogP contribution >= 0.6 is 0 Å². The van der Waals surface area contributed by atoms with Crippen molar-refractivity contribution in [3.8, 4) is 0 Å². The Morgan fingerprint density at radius 2 is 2.00 bits per heavy atom. The number of carbonyl (C=O) groups is 2. The largest absolute Gasteiger partial charge is 0.329 e. The molecule has 0 bridgehead atoms. The van der Waals surface area contributed by atoms with Crippen LogP contribution in [-0.4, -0.2) is 18.4 Å². The van der Waals surface area contributed by atoms with Crippen LogP contribution in [0, 0.1) is 12.3 Å². The topological polar surface area (TPSA) is 84.2 Å². The molecule has 5 nitrogen and oxygen atoms in total. The number of hydrogen-bond donors (Lipinski definition) is 3. The fraction of sp³-hybridized carbons (Fsp3) is 0.467. The maximum Gasteiger partial charge on any atom is 0.231 e. The molecule has 5 heteroatoms. The van der Waals surface area contributed by atoms with Crippen LogP contribution in [0.4, 0.5) is 11.4 Å². The molecule has 1 aromatic rings. The van der Waals surface area contributed by atoms with Gasteiger partial charge >= 0.3 is 0 Å². The van der Waals surface area contributed by atoms with Crippen molar-refractivity contribution in [2.75, 3.05) is 17.2 Å². The van der Waals surface area contributed by atoms with Gasteiger partial charge in [-0.2, -0.15) is 0 Å². The SMILES string of the molecule is CC(=O)Nc1cc(NC(=O)C2(CN)CCC2)ccc1C. The second kappa shape index (κ2) is 5.63. The molecule has 1 aliphatic rings. The number of hydrogen-bond acceptors (Lipinski definition) is 3. The lowest BCUT2D eigenvalue weighted by Gasteiger charge is -2.39. The highest BCUT2D eigenvalue weighted by Crippen LogP contribution is 2.40. The van der Waals surface area contributed by atoms with E-state index in [1.165, 1.54) is 6.92 Å². The molecule has 0 radical (unpaired) electrons. The monoisotopic (exact) mass is 275 g/mol. The van der Waals surface area contributed by atoms with E-state index in [9.17, 15) is 9.59 Å². The van der Waals surface area contributed by atoms with E-state index < -0.39 is 5.41 Å². The molecule has 0 atom stereocenters. The molecular weight excluding hydrogens is 254 g/mol. The number of rotatable bonds is 4. The van der Waals surface area contributed by atoms with E-state index in [4.69, 9.17) is 5.73 Å². The Morgan fingerprint density at radius 3 is 2.50 bits per heavy atom. The van der Waals surface area contributed by atoms with Gasteiger partial charge in [-0.25, -0.2) is 0 Å². The molecule has 0 aromatic heterocycles. The summed E-state index contributed by atoms with van der Waals surface area (Å²) in [5.41, 5.74) is 7.67. The highest BCUT2D eigenvalue weighted by molar-refractivity contribution is 5.97. The fourth-order valence-corrected chi connectivity index (χ4v) is 2.42. The Bertz CT molecular complexity index is 530. The molecule has 1 saturated carbocycles. The van der Waals surface area contributed by atoms with Crippen LogP contribution in [0.1, 0.15) is 31.7 Å². The molecule has 2 rings (SSSR count). The first-order valence-corrected chi connectivity index (χ1v) is 6.87. The van der Waals surface area contributed by atoms with E-state index >= 15 is 0 Å². The summed E-state index contributed by atoms with van der Waals surface area (Å²) in [6, 6.07) is 5.48. The highest BCUT2D eigenvalue weighted by Gasteiger charge is 2.42. The Labute approximate surface area is 118 Å². The maximum atomic E-state index is 12.3. The van der Waals surface area contributed by atoms with Gasteiger partial charge in [-0.05, 0) is 37.5 Å². The van der Waals surface area contributed by atoms with Crippen LogP contribution in [0.15, 0.2) is 18.2 Å². The van der Waals surface area contributed by atoms with E-state index in [0.717, 1.165) is 24.8 Å². The Hall–Kier alpha value is -1.88. The van der Waals surface area contributed by atoms with Gasteiger partial charge in [0.1, 0.15) is 0 Å². The zero-order valence-electron chi connectivity index (χ0n) is 12.0. The molecule has 0 heterocycles. The first kappa shape index (κ1) is 14.5. The molecule has 0 saturated heterocycles. The minimum absolute atomic E-state index is 0.0242. The van der Waals surface area contributed by atoms with Gasteiger partial charge in [0.25, 0.3) is 0 Å².